The molecule has 0 bridgehead atoms. The van der Waals surface area contributed by atoms with E-state index >= 15 is 0 Å². The number of rotatable bonds is 11. The van der Waals surface area contributed by atoms with E-state index in [1.165, 1.54) is 51.4 Å². The monoisotopic (exact) mass is 283 g/mol. The highest BCUT2D eigenvalue weighted by atomic mass is 16.2. The van der Waals surface area contributed by atoms with E-state index in [4.69, 9.17) is 0 Å². The molecule has 0 aliphatic carbocycles. The first-order valence-corrected chi connectivity index (χ1v) is 8.58. The van der Waals surface area contributed by atoms with Gasteiger partial charge in [0.05, 0.1) is 0 Å². The largest absolute Gasteiger partial charge is 0.314 e. The number of hydrogen-bond donors (Lipinski definition) is 2. The molecular formula is C16H33N3O. The van der Waals surface area contributed by atoms with Gasteiger partial charge in [-0.1, -0.05) is 58.3 Å². The van der Waals surface area contributed by atoms with Gasteiger partial charge in [0.25, 0.3) is 0 Å². The second-order valence-corrected chi connectivity index (χ2v) is 5.85. The molecule has 118 valence electrons. The smallest absolute Gasteiger partial charge is 0.234 e. The van der Waals surface area contributed by atoms with Gasteiger partial charge in [0.15, 0.2) is 0 Å². The zero-order chi connectivity index (χ0) is 14.5. The van der Waals surface area contributed by atoms with Crippen molar-refractivity contribution in [3.63, 3.8) is 0 Å². The predicted octanol–water partition coefficient (Wildman–Crippen LogP) is 2.84. The average Bonchev–Trinajstić information content (AvgIpc) is 2.46. The van der Waals surface area contributed by atoms with Crippen LogP contribution in [0.15, 0.2) is 0 Å². The first-order chi connectivity index (χ1) is 9.83. The summed E-state index contributed by atoms with van der Waals surface area (Å²) in [6.07, 6.45) is 12.4. The Morgan fingerprint density at radius 1 is 0.950 bits per heavy atom. The first-order valence-electron chi connectivity index (χ1n) is 8.58. The van der Waals surface area contributed by atoms with Gasteiger partial charge < -0.3 is 5.32 Å². The normalized spacial score (nSPS) is 16.2. The highest BCUT2D eigenvalue weighted by Gasteiger charge is 2.11. The van der Waals surface area contributed by atoms with E-state index in [9.17, 15) is 4.79 Å². The SMILES string of the molecule is CCCCCCCCCCCC(=O)NN1CCNCC1. The van der Waals surface area contributed by atoms with E-state index in [1.54, 1.807) is 0 Å². The summed E-state index contributed by atoms with van der Waals surface area (Å²) >= 11 is 0. The fourth-order valence-corrected chi connectivity index (χ4v) is 2.61. The van der Waals surface area contributed by atoms with Gasteiger partial charge in [0.2, 0.25) is 5.91 Å². The van der Waals surface area contributed by atoms with Crippen LogP contribution >= 0.6 is 0 Å². The average molecular weight is 283 g/mol. The Balaban J connectivity index is 1.84. The minimum Gasteiger partial charge on any atom is -0.314 e. The predicted molar refractivity (Wildman–Crippen MR) is 84.4 cm³/mol. The second kappa shape index (κ2) is 12.2. The summed E-state index contributed by atoms with van der Waals surface area (Å²) in [7, 11) is 0. The quantitative estimate of drug-likeness (QED) is 0.573. The molecule has 4 nitrogen and oxygen atoms in total. The van der Waals surface area contributed by atoms with Crippen LogP contribution in [0.25, 0.3) is 0 Å². The van der Waals surface area contributed by atoms with Gasteiger partial charge in [-0.05, 0) is 6.42 Å². The van der Waals surface area contributed by atoms with E-state index < -0.39 is 0 Å². The van der Waals surface area contributed by atoms with Gasteiger partial charge in [-0.15, -0.1) is 0 Å². The van der Waals surface area contributed by atoms with Gasteiger partial charge in [-0.25, -0.2) is 5.01 Å². The number of piperazine rings is 1. The lowest BCUT2D eigenvalue weighted by Gasteiger charge is -2.27. The Bertz CT molecular complexity index is 240. The molecule has 2 N–H and O–H groups in total. The summed E-state index contributed by atoms with van der Waals surface area (Å²) < 4.78 is 0. The fraction of sp³-hybridized carbons (Fsp3) is 0.938. The molecule has 0 unspecified atom stereocenters. The highest BCUT2D eigenvalue weighted by Crippen LogP contribution is 2.10. The maximum Gasteiger partial charge on any atom is 0.234 e. The number of unbranched alkanes of at least 4 members (excludes halogenated alkanes) is 8. The third-order valence-electron chi connectivity index (χ3n) is 3.91. The van der Waals surface area contributed by atoms with Crippen molar-refractivity contribution in [1.82, 2.24) is 15.8 Å². The van der Waals surface area contributed by atoms with E-state index in [-0.39, 0.29) is 5.91 Å². The minimum atomic E-state index is 0.190. The Morgan fingerprint density at radius 3 is 2.10 bits per heavy atom. The number of nitrogens with zero attached hydrogens (tertiary/aromatic N) is 1. The van der Waals surface area contributed by atoms with E-state index in [0.29, 0.717) is 6.42 Å². The van der Waals surface area contributed by atoms with Crippen molar-refractivity contribution in [2.75, 3.05) is 26.2 Å². The molecule has 1 saturated heterocycles. The van der Waals surface area contributed by atoms with Crippen LogP contribution in [0.3, 0.4) is 0 Å². The topological polar surface area (TPSA) is 44.4 Å². The van der Waals surface area contributed by atoms with Crippen LogP contribution < -0.4 is 10.7 Å². The molecule has 0 saturated carbocycles. The van der Waals surface area contributed by atoms with Gasteiger partial charge in [-0.3, -0.25) is 10.2 Å². The van der Waals surface area contributed by atoms with Gasteiger partial charge in [0.1, 0.15) is 0 Å². The van der Waals surface area contributed by atoms with Crippen LogP contribution in [0.4, 0.5) is 0 Å². The third kappa shape index (κ3) is 9.32. The van der Waals surface area contributed by atoms with Crippen molar-refractivity contribution in [1.29, 1.82) is 0 Å². The summed E-state index contributed by atoms with van der Waals surface area (Å²) in [5, 5.41) is 5.31. The highest BCUT2D eigenvalue weighted by molar-refractivity contribution is 5.75. The molecular weight excluding hydrogens is 250 g/mol. The van der Waals surface area contributed by atoms with Crippen LogP contribution in [0.2, 0.25) is 0 Å². The molecule has 0 aromatic carbocycles. The second-order valence-electron chi connectivity index (χ2n) is 5.85. The Kier molecular flexibility index (Phi) is 10.6. The van der Waals surface area contributed by atoms with E-state index in [2.05, 4.69) is 17.7 Å². The zero-order valence-electron chi connectivity index (χ0n) is 13.3. The molecule has 1 aliphatic rings. The van der Waals surface area contributed by atoms with Crippen molar-refractivity contribution in [3.8, 4) is 0 Å². The molecule has 1 aliphatic heterocycles. The maximum absolute atomic E-state index is 11.7. The number of nitrogens with one attached hydrogen (secondary N) is 2. The van der Waals surface area contributed by atoms with E-state index in [1.807, 2.05) is 5.01 Å². The number of carbonyl (C=O) groups excluding carboxylic acids is 1. The number of amides is 1. The molecule has 0 spiro atoms. The van der Waals surface area contributed by atoms with Gasteiger partial charge in [-0.2, -0.15) is 0 Å². The Labute approximate surface area is 124 Å². The van der Waals surface area contributed by atoms with Gasteiger partial charge in [0, 0.05) is 32.6 Å². The lowest BCUT2D eigenvalue weighted by molar-refractivity contribution is -0.126. The van der Waals surface area contributed by atoms with Crippen LogP contribution in [0.1, 0.15) is 71.1 Å². The van der Waals surface area contributed by atoms with Crippen molar-refractivity contribution in [3.05, 3.63) is 0 Å². The molecule has 1 heterocycles. The summed E-state index contributed by atoms with van der Waals surface area (Å²) in [5.74, 6) is 0.190. The third-order valence-corrected chi connectivity index (χ3v) is 3.91. The van der Waals surface area contributed by atoms with Crippen LogP contribution in [-0.2, 0) is 4.79 Å². The minimum absolute atomic E-state index is 0.190. The van der Waals surface area contributed by atoms with Gasteiger partial charge >= 0.3 is 0 Å². The molecule has 0 aromatic heterocycles. The summed E-state index contributed by atoms with van der Waals surface area (Å²) in [5.41, 5.74) is 3.00. The molecule has 20 heavy (non-hydrogen) atoms. The first kappa shape index (κ1) is 17.4. The van der Waals surface area contributed by atoms with Crippen molar-refractivity contribution >= 4 is 5.91 Å². The molecule has 1 amide bonds. The molecule has 0 radical (unpaired) electrons. The van der Waals surface area contributed by atoms with Crippen LogP contribution in [0.5, 0.6) is 0 Å². The van der Waals surface area contributed by atoms with E-state index in [0.717, 1.165) is 32.6 Å². The molecule has 1 fully saturated rings. The number of hydrazine groups is 1. The fourth-order valence-electron chi connectivity index (χ4n) is 2.61. The molecule has 0 aromatic rings. The lowest BCUT2D eigenvalue weighted by Crippen LogP contribution is -2.52. The standard InChI is InChI=1S/C16H33N3O/c1-2-3-4-5-6-7-8-9-10-11-16(20)18-19-14-12-17-13-15-19/h17H,2-15H2,1H3,(H,18,20). The molecule has 4 heteroatoms. The van der Waals surface area contributed by atoms with Crippen molar-refractivity contribution < 1.29 is 4.79 Å². The maximum atomic E-state index is 11.7. The Hall–Kier alpha value is -0.610. The lowest BCUT2D eigenvalue weighted by atomic mass is 10.1. The molecule has 0 atom stereocenters. The Morgan fingerprint density at radius 2 is 1.50 bits per heavy atom. The number of carbonyl (C=O) groups is 1. The number of hydrogen-bond acceptors (Lipinski definition) is 3. The van der Waals surface area contributed by atoms with Crippen molar-refractivity contribution in [2.24, 2.45) is 0 Å². The zero-order valence-corrected chi connectivity index (χ0v) is 13.3. The molecule has 1 rings (SSSR count). The summed E-state index contributed by atoms with van der Waals surface area (Å²) in [6, 6.07) is 0. The van der Waals surface area contributed by atoms with Crippen LogP contribution in [-0.4, -0.2) is 37.1 Å². The summed E-state index contributed by atoms with van der Waals surface area (Å²) in [4.78, 5) is 11.7. The summed E-state index contributed by atoms with van der Waals surface area (Å²) in [6.45, 7) is 6.04. The van der Waals surface area contributed by atoms with Crippen molar-refractivity contribution in [2.45, 2.75) is 71.1 Å². The van der Waals surface area contributed by atoms with Crippen LogP contribution in [0, 0.1) is 0 Å².